The lowest BCUT2D eigenvalue weighted by Gasteiger charge is -2.36. The molecule has 1 aliphatic rings. The fraction of sp³-hybridized carbons (Fsp3) is 0.367. The highest BCUT2D eigenvalue weighted by Crippen LogP contribution is 2.36. The lowest BCUT2D eigenvalue weighted by molar-refractivity contribution is 0.0767. The molecule has 2 amide bonds. The second-order valence-electron chi connectivity index (χ2n) is 11.4. The van der Waals surface area contributed by atoms with Gasteiger partial charge in [0.1, 0.15) is 0 Å². The maximum absolute atomic E-state index is 13.4. The van der Waals surface area contributed by atoms with Crippen LogP contribution in [0.1, 0.15) is 56.8 Å². The Bertz CT molecular complexity index is 1400. The first-order chi connectivity index (χ1) is 18.4. The quantitative estimate of drug-likeness (QED) is 0.177. The van der Waals surface area contributed by atoms with E-state index in [4.69, 9.17) is 4.43 Å². The van der Waals surface area contributed by atoms with Crippen molar-refractivity contribution in [2.75, 3.05) is 23.4 Å². The van der Waals surface area contributed by atoms with E-state index in [0.29, 0.717) is 42.4 Å². The monoisotopic (exact) mass is 560 g/mol. The zero-order valence-electron chi connectivity index (χ0n) is 23.5. The molecule has 0 atom stereocenters. The maximum Gasteiger partial charge on any atom is 0.265 e. The van der Waals surface area contributed by atoms with Gasteiger partial charge in [0, 0.05) is 18.0 Å². The highest BCUT2D eigenvalue weighted by molar-refractivity contribution is 7.14. The Hall–Kier alpha value is -3.45. The van der Waals surface area contributed by atoms with Gasteiger partial charge in [-0.15, -0.1) is 11.3 Å². The third-order valence-corrected chi connectivity index (χ3v) is 13.1. The summed E-state index contributed by atoms with van der Waals surface area (Å²) in [6.07, 6.45) is 2.26. The van der Waals surface area contributed by atoms with Crippen molar-refractivity contribution in [2.45, 2.75) is 58.9 Å². The summed E-state index contributed by atoms with van der Waals surface area (Å²) in [5, 5.41) is 12.8. The summed E-state index contributed by atoms with van der Waals surface area (Å²) in [7, 11) is -1.87. The third-order valence-electron chi connectivity index (χ3n) is 7.55. The Labute approximate surface area is 236 Å². The number of anilines is 2. The van der Waals surface area contributed by atoms with Crippen molar-refractivity contribution in [2.24, 2.45) is 0 Å². The first-order valence-corrected chi connectivity index (χ1v) is 16.8. The van der Waals surface area contributed by atoms with E-state index in [-0.39, 0.29) is 16.9 Å². The zero-order valence-corrected chi connectivity index (χ0v) is 25.3. The predicted octanol–water partition coefficient (Wildman–Crippen LogP) is 6.77. The van der Waals surface area contributed by atoms with Crippen LogP contribution in [0.25, 0.3) is 0 Å². The lowest BCUT2D eigenvalue weighted by Crippen LogP contribution is -2.42. The molecule has 1 aromatic heterocycles. The normalized spacial score (nSPS) is 13.3. The summed E-state index contributed by atoms with van der Waals surface area (Å²) in [5.41, 5.74) is 3.75. The zero-order chi connectivity index (χ0) is 28.4. The van der Waals surface area contributed by atoms with Crippen molar-refractivity contribution in [3.63, 3.8) is 0 Å². The Balaban J connectivity index is 1.39. The van der Waals surface area contributed by atoms with Crippen LogP contribution in [0.4, 0.5) is 11.4 Å². The molecule has 0 spiro atoms. The van der Waals surface area contributed by atoms with Crippen molar-refractivity contribution in [3.05, 3.63) is 81.0 Å². The van der Waals surface area contributed by atoms with Gasteiger partial charge in [-0.3, -0.25) is 14.5 Å². The molecule has 1 N–H and O–H groups in total. The van der Waals surface area contributed by atoms with Gasteiger partial charge in [0.05, 0.1) is 35.0 Å². The van der Waals surface area contributed by atoms with Crippen LogP contribution in [0, 0.1) is 18.4 Å². The molecule has 204 valence electrons. The number of nitriles is 1. The SMILES string of the molecule is Cc1ccc(C(=O)Nc2cccc3c2C(=O)N(Cc2ccc(N(C#N)CCO[Si](C)(C)C(C)(C)C)cc2)C3)s1. The van der Waals surface area contributed by atoms with Crippen LogP contribution in [-0.2, 0) is 17.5 Å². The minimum Gasteiger partial charge on any atom is -0.415 e. The molecule has 7 nitrogen and oxygen atoms in total. The van der Waals surface area contributed by atoms with E-state index < -0.39 is 8.32 Å². The minimum atomic E-state index is -1.87. The highest BCUT2D eigenvalue weighted by Gasteiger charge is 2.37. The molecular weight excluding hydrogens is 525 g/mol. The van der Waals surface area contributed by atoms with Crippen LogP contribution >= 0.6 is 11.3 Å². The number of nitrogens with one attached hydrogen (secondary N) is 1. The second kappa shape index (κ2) is 11.3. The van der Waals surface area contributed by atoms with Crippen LogP contribution in [0.15, 0.2) is 54.6 Å². The van der Waals surface area contributed by atoms with Gasteiger partial charge >= 0.3 is 0 Å². The molecule has 0 saturated carbocycles. The molecule has 0 bridgehead atoms. The van der Waals surface area contributed by atoms with Gasteiger partial charge in [0.15, 0.2) is 14.5 Å². The molecule has 0 aliphatic carbocycles. The van der Waals surface area contributed by atoms with Gasteiger partial charge in [-0.2, -0.15) is 5.26 Å². The molecular formula is C30H36N4O3SSi. The molecule has 3 aromatic rings. The van der Waals surface area contributed by atoms with Crippen LogP contribution in [-0.4, -0.2) is 38.2 Å². The van der Waals surface area contributed by atoms with E-state index in [1.807, 2.05) is 49.4 Å². The van der Waals surface area contributed by atoms with Gasteiger partial charge in [-0.1, -0.05) is 45.0 Å². The van der Waals surface area contributed by atoms with Crippen LogP contribution < -0.4 is 10.2 Å². The van der Waals surface area contributed by atoms with Gasteiger partial charge in [-0.05, 0) is 66.5 Å². The number of hydrogen-bond acceptors (Lipinski definition) is 6. The highest BCUT2D eigenvalue weighted by atomic mass is 32.1. The molecule has 0 radical (unpaired) electrons. The summed E-state index contributed by atoms with van der Waals surface area (Å²) in [5.74, 6) is -0.311. The average Bonchev–Trinajstić information content (AvgIpc) is 3.45. The van der Waals surface area contributed by atoms with Crippen LogP contribution in [0.2, 0.25) is 18.1 Å². The molecule has 2 heterocycles. The average molecular weight is 561 g/mol. The number of carbonyl (C=O) groups excluding carboxylic acids is 2. The first-order valence-electron chi connectivity index (χ1n) is 13.1. The van der Waals surface area contributed by atoms with Crippen molar-refractivity contribution >= 4 is 42.8 Å². The van der Waals surface area contributed by atoms with E-state index >= 15 is 0 Å². The summed E-state index contributed by atoms with van der Waals surface area (Å²) in [4.78, 5) is 31.2. The van der Waals surface area contributed by atoms with Crippen LogP contribution in [0.5, 0.6) is 0 Å². The summed E-state index contributed by atoms with van der Waals surface area (Å²) >= 11 is 1.43. The van der Waals surface area contributed by atoms with Crippen molar-refractivity contribution < 1.29 is 14.0 Å². The number of nitrogens with zero attached hydrogens (tertiary/aromatic N) is 3. The van der Waals surface area contributed by atoms with E-state index in [2.05, 4.69) is 45.4 Å². The number of rotatable bonds is 9. The molecule has 0 fully saturated rings. The second-order valence-corrected chi connectivity index (χ2v) is 17.5. The molecule has 4 rings (SSSR count). The summed E-state index contributed by atoms with van der Waals surface area (Å²) in [6, 6.07) is 17.0. The van der Waals surface area contributed by atoms with Crippen molar-refractivity contribution in [3.8, 4) is 6.19 Å². The minimum absolute atomic E-state index is 0.103. The van der Waals surface area contributed by atoms with Gasteiger partial charge in [-0.25, -0.2) is 0 Å². The number of amides is 2. The number of thiophene rings is 1. The molecule has 2 aromatic carbocycles. The fourth-order valence-corrected chi connectivity index (χ4v) is 6.04. The van der Waals surface area contributed by atoms with Gasteiger partial charge in [0.2, 0.25) is 0 Å². The topological polar surface area (TPSA) is 85.7 Å². The first kappa shape index (κ1) is 28.6. The standard InChI is InChI=1S/C30H36N4O3SSi/c1-21-10-15-26(38-21)28(35)32-25-9-7-8-23-19-34(29(36)27(23)25)18-22-11-13-24(14-12-22)33(20-31)16-17-37-39(5,6)30(2,3)4/h7-15H,16-19H2,1-6H3,(H,32,35). The summed E-state index contributed by atoms with van der Waals surface area (Å²) < 4.78 is 6.24. The smallest absolute Gasteiger partial charge is 0.265 e. The third kappa shape index (κ3) is 6.41. The number of fused-ring (bicyclic) bond motifs is 1. The lowest BCUT2D eigenvalue weighted by atomic mass is 10.1. The van der Waals surface area contributed by atoms with Crippen molar-refractivity contribution in [1.29, 1.82) is 5.26 Å². The Morgan fingerprint density at radius 2 is 1.87 bits per heavy atom. The van der Waals surface area contributed by atoms with Crippen molar-refractivity contribution in [1.82, 2.24) is 4.90 Å². The van der Waals surface area contributed by atoms with Gasteiger partial charge in [0.25, 0.3) is 11.8 Å². The summed E-state index contributed by atoms with van der Waals surface area (Å²) in [6.45, 7) is 14.9. The predicted molar refractivity (Wildman–Crippen MR) is 160 cm³/mol. The van der Waals surface area contributed by atoms with E-state index in [0.717, 1.165) is 21.7 Å². The van der Waals surface area contributed by atoms with Crippen LogP contribution in [0.3, 0.4) is 0 Å². The Morgan fingerprint density at radius 1 is 1.15 bits per heavy atom. The fourth-order valence-electron chi connectivity index (χ4n) is 4.24. The Kier molecular flexibility index (Phi) is 8.30. The molecule has 9 heteroatoms. The van der Waals surface area contributed by atoms with Gasteiger partial charge < -0.3 is 14.6 Å². The Morgan fingerprint density at radius 3 is 2.49 bits per heavy atom. The number of carbonyl (C=O) groups is 2. The van der Waals surface area contributed by atoms with E-state index in [1.165, 1.54) is 11.3 Å². The van der Waals surface area contributed by atoms with E-state index in [9.17, 15) is 14.9 Å². The molecule has 39 heavy (non-hydrogen) atoms. The molecule has 0 saturated heterocycles. The largest absolute Gasteiger partial charge is 0.415 e. The molecule has 0 unspecified atom stereocenters. The molecule has 1 aliphatic heterocycles. The number of benzene rings is 2. The number of aryl methyl sites for hydroxylation is 1. The number of hydrogen-bond donors (Lipinski definition) is 1. The van der Waals surface area contributed by atoms with E-state index in [1.54, 1.807) is 21.9 Å². The maximum atomic E-state index is 13.4.